The van der Waals surface area contributed by atoms with Gasteiger partial charge in [-0.25, -0.2) is 9.18 Å². The maximum atomic E-state index is 14.5. The minimum absolute atomic E-state index is 0.0961. The third-order valence-electron chi connectivity index (χ3n) is 4.60. The first-order chi connectivity index (χ1) is 12.2. The smallest absolute Gasteiger partial charge is 0.414 e. The molecule has 0 spiro atoms. The number of unbranched alkanes of at least 4 members (excludes halogenated alkanes) is 3. The summed E-state index contributed by atoms with van der Waals surface area (Å²) in [6, 6.07) is 14.3. The minimum Gasteiger partial charge on any atom is -0.444 e. The Bertz CT molecular complexity index is 717. The number of rotatable bonds is 7. The Morgan fingerprint density at radius 2 is 1.92 bits per heavy atom. The van der Waals surface area contributed by atoms with Crippen LogP contribution in [0.4, 0.5) is 14.9 Å². The molecule has 0 aliphatic carbocycles. The number of benzene rings is 2. The van der Waals surface area contributed by atoms with Crippen molar-refractivity contribution in [2.24, 2.45) is 0 Å². The number of carbonyl (C=O) groups is 1. The summed E-state index contributed by atoms with van der Waals surface area (Å²) >= 11 is 0. The standard InChI is InChI=1S/C21H24FNO2/c1-2-3-4-8-11-18-15-23(21(24)25-18)17-12-13-19(20(22)14-17)16-9-6-5-7-10-16/h5-7,9-10,12-14,18H,2-4,8,11,15H2,1H3. The van der Waals surface area contributed by atoms with Crippen LogP contribution in [0.15, 0.2) is 48.5 Å². The van der Waals surface area contributed by atoms with Crippen molar-refractivity contribution in [3.05, 3.63) is 54.3 Å². The number of ether oxygens (including phenoxy) is 1. The summed E-state index contributed by atoms with van der Waals surface area (Å²) in [4.78, 5) is 13.7. The molecule has 2 aromatic rings. The lowest BCUT2D eigenvalue weighted by molar-refractivity contribution is 0.135. The van der Waals surface area contributed by atoms with Crippen LogP contribution in [-0.2, 0) is 4.74 Å². The lowest BCUT2D eigenvalue weighted by atomic mass is 10.0. The Morgan fingerprint density at radius 1 is 1.12 bits per heavy atom. The van der Waals surface area contributed by atoms with Crippen molar-refractivity contribution in [2.45, 2.75) is 45.1 Å². The second-order valence-corrected chi connectivity index (χ2v) is 6.50. The molecule has 0 aromatic heterocycles. The molecule has 0 N–H and O–H groups in total. The molecular weight excluding hydrogens is 317 g/mol. The van der Waals surface area contributed by atoms with Gasteiger partial charge in [0, 0.05) is 5.56 Å². The van der Waals surface area contributed by atoms with Crippen LogP contribution >= 0.6 is 0 Å². The number of hydrogen-bond donors (Lipinski definition) is 0. The van der Waals surface area contributed by atoms with Gasteiger partial charge in [0.15, 0.2) is 0 Å². The van der Waals surface area contributed by atoms with E-state index in [0.29, 0.717) is 17.8 Å². The summed E-state index contributed by atoms with van der Waals surface area (Å²) in [6.45, 7) is 2.67. The molecule has 1 aliphatic rings. The van der Waals surface area contributed by atoms with E-state index in [-0.39, 0.29) is 18.0 Å². The van der Waals surface area contributed by atoms with Gasteiger partial charge in [-0.05, 0) is 36.6 Å². The summed E-state index contributed by atoms with van der Waals surface area (Å²) in [7, 11) is 0. The van der Waals surface area contributed by atoms with E-state index in [1.807, 2.05) is 30.3 Å². The molecule has 0 bridgehead atoms. The normalized spacial score (nSPS) is 17.0. The van der Waals surface area contributed by atoms with Crippen LogP contribution in [0.1, 0.15) is 39.0 Å². The van der Waals surface area contributed by atoms with Crippen LogP contribution in [-0.4, -0.2) is 18.7 Å². The van der Waals surface area contributed by atoms with E-state index >= 15 is 0 Å². The molecule has 3 nitrogen and oxygen atoms in total. The van der Waals surface area contributed by atoms with Crippen LogP contribution in [0, 0.1) is 5.82 Å². The van der Waals surface area contributed by atoms with Crippen molar-refractivity contribution in [1.82, 2.24) is 0 Å². The Balaban J connectivity index is 1.68. The fourth-order valence-corrected chi connectivity index (χ4v) is 3.21. The Hall–Kier alpha value is -2.36. The van der Waals surface area contributed by atoms with Crippen molar-refractivity contribution in [3.63, 3.8) is 0 Å². The highest BCUT2D eigenvalue weighted by molar-refractivity contribution is 5.90. The lowest BCUT2D eigenvalue weighted by Crippen LogP contribution is -2.24. The highest BCUT2D eigenvalue weighted by Crippen LogP contribution is 2.29. The van der Waals surface area contributed by atoms with E-state index < -0.39 is 0 Å². The van der Waals surface area contributed by atoms with Gasteiger partial charge in [-0.15, -0.1) is 0 Å². The zero-order chi connectivity index (χ0) is 17.6. The van der Waals surface area contributed by atoms with E-state index in [9.17, 15) is 9.18 Å². The summed E-state index contributed by atoms with van der Waals surface area (Å²) in [5.74, 6) is -0.331. The van der Waals surface area contributed by atoms with Crippen molar-refractivity contribution < 1.29 is 13.9 Å². The molecule has 1 saturated heterocycles. The average molecular weight is 341 g/mol. The average Bonchev–Trinajstić information content (AvgIpc) is 3.00. The molecule has 2 aromatic carbocycles. The Labute approximate surface area is 148 Å². The molecule has 1 unspecified atom stereocenters. The van der Waals surface area contributed by atoms with Crippen molar-refractivity contribution >= 4 is 11.8 Å². The van der Waals surface area contributed by atoms with Crippen LogP contribution in [0.25, 0.3) is 11.1 Å². The largest absolute Gasteiger partial charge is 0.444 e. The highest BCUT2D eigenvalue weighted by atomic mass is 19.1. The first-order valence-corrected chi connectivity index (χ1v) is 9.02. The van der Waals surface area contributed by atoms with Gasteiger partial charge in [-0.1, -0.05) is 56.5 Å². The zero-order valence-corrected chi connectivity index (χ0v) is 14.6. The van der Waals surface area contributed by atoms with Gasteiger partial charge in [-0.3, -0.25) is 4.90 Å². The fourth-order valence-electron chi connectivity index (χ4n) is 3.21. The first kappa shape index (κ1) is 17.5. The monoisotopic (exact) mass is 341 g/mol. The number of amides is 1. The van der Waals surface area contributed by atoms with Crippen LogP contribution in [0.2, 0.25) is 0 Å². The second-order valence-electron chi connectivity index (χ2n) is 6.50. The first-order valence-electron chi connectivity index (χ1n) is 9.02. The molecule has 3 rings (SSSR count). The Morgan fingerprint density at radius 3 is 2.64 bits per heavy atom. The third-order valence-corrected chi connectivity index (χ3v) is 4.60. The van der Waals surface area contributed by atoms with Gasteiger partial charge in [0.05, 0.1) is 12.2 Å². The van der Waals surface area contributed by atoms with Gasteiger partial charge in [-0.2, -0.15) is 0 Å². The van der Waals surface area contributed by atoms with Gasteiger partial charge in [0.2, 0.25) is 0 Å². The maximum absolute atomic E-state index is 14.5. The number of carbonyl (C=O) groups excluding carboxylic acids is 1. The fraction of sp³-hybridized carbons (Fsp3) is 0.381. The van der Waals surface area contributed by atoms with E-state index in [1.54, 1.807) is 12.1 Å². The molecular formula is C21H24FNO2. The Kier molecular flexibility index (Phi) is 5.69. The molecule has 132 valence electrons. The molecule has 4 heteroatoms. The van der Waals surface area contributed by atoms with Gasteiger partial charge < -0.3 is 4.74 Å². The minimum atomic E-state index is -0.382. The number of cyclic esters (lactones) is 1. The predicted molar refractivity (Wildman–Crippen MR) is 98.2 cm³/mol. The number of nitrogens with zero attached hydrogens (tertiary/aromatic N) is 1. The van der Waals surface area contributed by atoms with Gasteiger partial charge >= 0.3 is 6.09 Å². The molecule has 25 heavy (non-hydrogen) atoms. The SMILES string of the molecule is CCCCCCC1CN(c2ccc(-c3ccccc3)c(F)c2)C(=O)O1. The van der Waals surface area contributed by atoms with E-state index in [2.05, 4.69) is 6.92 Å². The topological polar surface area (TPSA) is 29.5 Å². The predicted octanol–water partition coefficient (Wildman–Crippen LogP) is 5.79. The highest BCUT2D eigenvalue weighted by Gasteiger charge is 2.32. The van der Waals surface area contributed by atoms with Crippen molar-refractivity contribution in [3.8, 4) is 11.1 Å². The van der Waals surface area contributed by atoms with Crippen molar-refractivity contribution in [1.29, 1.82) is 0 Å². The summed E-state index contributed by atoms with van der Waals surface area (Å²) in [6.07, 6.45) is 4.99. The molecule has 0 saturated carbocycles. The van der Waals surface area contributed by atoms with Gasteiger partial charge in [0.1, 0.15) is 11.9 Å². The lowest BCUT2D eigenvalue weighted by Gasteiger charge is -2.14. The van der Waals surface area contributed by atoms with Crippen molar-refractivity contribution in [2.75, 3.05) is 11.4 Å². The maximum Gasteiger partial charge on any atom is 0.414 e. The summed E-state index contributed by atoms with van der Waals surface area (Å²) < 4.78 is 19.9. The quantitative estimate of drug-likeness (QED) is 0.597. The molecule has 1 amide bonds. The summed E-state index contributed by atoms with van der Waals surface area (Å²) in [5.41, 5.74) is 1.91. The van der Waals surface area contributed by atoms with Gasteiger partial charge in [0.25, 0.3) is 0 Å². The molecule has 1 aliphatic heterocycles. The molecule has 1 heterocycles. The third kappa shape index (κ3) is 4.19. The zero-order valence-electron chi connectivity index (χ0n) is 14.6. The number of anilines is 1. The molecule has 0 radical (unpaired) electrons. The number of halogens is 1. The molecule has 1 fully saturated rings. The van der Waals surface area contributed by atoms with Crippen LogP contribution < -0.4 is 4.90 Å². The van der Waals surface area contributed by atoms with E-state index in [1.165, 1.54) is 23.8 Å². The van der Waals surface area contributed by atoms with E-state index in [4.69, 9.17) is 4.74 Å². The second kappa shape index (κ2) is 8.15. The van der Waals surface area contributed by atoms with E-state index in [0.717, 1.165) is 24.8 Å². The van der Waals surface area contributed by atoms with Crippen LogP contribution in [0.5, 0.6) is 0 Å². The molecule has 1 atom stereocenters. The summed E-state index contributed by atoms with van der Waals surface area (Å²) in [5, 5.41) is 0. The van der Waals surface area contributed by atoms with Crippen LogP contribution in [0.3, 0.4) is 0 Å². The number of hydrogen-bond acceptors (Lipinski definition) is 2.